The lowest BCUT2D eigenvalue weighted by molar-refractivity contribution is -0.171. The van der Waals surface area contributed by atoms with Gasteiger partial charge in [-0.3, -0.25) is 0 Å². The number of halogens is 1. The van der Waals surface area contributed by atoms with Gasteiger partial charge in [0.1, 0.15) is 0 Å². The van der Waals surface area contributed by atoms with Crippen molar-refractivity contribution < 1.29 is 9.42 Å². The lowest BCUT2D eigenvalue weighted by Crippen LogP contribution is -2.04. The minimum atomic E-state index is -1.62. The SMILES string of the molecule is CCO[P+]([O-])=C1C=CC=C(Br)C1. The Morgan fingerprint density at radius 1 is 1.75 bits per heavy atom. The Morgan fingerprint density at radius 3 is 3.08 bits per heavy atom. The van der Waals surface area contributed by atoms with Gasteiger partial charge in [0.2, 0.25) is 8.00 Å². The summed E-state index contributed by atoms with van der Waals surface area (Å²) in [5, 5.41) is 0.848. The van der Waals surface area contributed by atoms with Gasteiger partial charge in [-0.1, -0.05) is 28.1 Å². The van der Waals surface area contributed by atoms with E-state index in [9.17, 15) is 4.89 Å². The molecule has 1 rings (SSSR count). The van der Waals surface area contributed by atoms with E-state index in [2.05, 4.69) is 15.9 Å². The minimum Gasteiger partial charge on any atom is -0.603 e. The summed E-state index contributed by atoms with van der Waals surface area (Å²) in [6.07, 6.45) is 6.36. The summed E-state index contributed by atoms with van der Waals surface area (Å²) < 4.78 is 6.05. The largest absolute Gasteiger partial charge is 0.603 e. The van der Waals surface area contributed by atoms with Crippen molar-refractivity contribution in [1.29, 1.82) is 0 Å². The van der Waals surface area contributed by atoms with Crippen LogP contribution in [0.25, 0.3) is 0 Å². The van der Waals surface area contributed by atoms with Gasteiger partial charge in [0.15, 0.2) is 5.29 Å². The summed E-state index contributed by atoms with van der Waals surface area (Å²) >= 11 is 3.35. The van der Waals surface area contributed by atoms with E-state index in [-0.39, 0.29) is 0 Å². The van der Waals surface area contributed by atoms with E-state index >= 15 is 0 Å². The van der Waals surface area contributed by atoms with Crippen LogP contribution >= 0.6 is 23.9 Å². The molecule has 0 radical (unpaired) electrons. The zero-order valence-electron chi connectivity index (χ0n) is 6.79. The Balaban J connectivity index is 2.71. The summed E-state index contributed by atoms with van der Waals surface area (Å²) in [6, 6.07) is 0. The maximum absolute atomic E-state index is 11.3. The average Bonchev–Trinajstić information content (AvgIpc) is 2.05. The molecule has 0 fully saturated rings. The maximum Gasteiger partial charge on any atom is 0.224 e. The predicted octanol–water partition coefficient (Wildman–Crippen LogP) is 2.11. The van der Waals surface area contributed by atoms with Crippen molar-refractivity contribution in [3.05, 3.63) is 22.7 Å². The highest BCUT2D eigenvalue weighted by atomic mass is 79.9. The molecule has 0 N–H and O–H groups in total. The third-order valence-electron chi connectivity index (χ3n) is 1.40. The van der Waals surface area contributed by atoms with E-state index < -0.39 is 8.00 Å². The van der Waals surface area contributed by atoms with Crippen LogP contribution in [0.1, 0.15) is 13.3 Å². The first kappa shape index (κ1) is 10.1. The van der Waals surface area contributed by atoms with Crippen molar-refractivity contribution in [2.45, 2.75) is 13.3 Å². The summed E-state index contributed by atoms with van der Waals surface area (Å²) in [4.78, 5) is 11.3. The first-order valence-corrected chi connectivity index (χ1v) is 5.70. The van der Waals surface area contributed by atoms with Crippen molar-refractivity contribution in [2.24, 2.45) is 0 Å². The van der Waals surface area contributed by atoms with Gasteiger partial charge >= 0.3 is 0 Å². The van der Waals surface area contributed by atoms with Crippen LogP contribution in [0.3, 0.4) is 0 Å². The molecule has 2 nitrogen and oxygen atoms in total. The molecule has 1 aliphatic carbocycles. The van der Waals surface area contributed by atoms with Gasteiger partial charge in [-0.25, -0.2) is 0 Å². The lowest BCUT2D eigenvalue weighted by atomic mass is 10.2. The van der Waals surface area contributed by atoms with E-state index in [0.29, 0.717) is 13.0 Å². The number of hydrogen-bond donors (Lipinski definition) is 0. The van der Waals surface area contributed by atoms with E-state index in [1.54, 1.807) is 0 Å². The molecule has 0 aromatic heterocycles. The Kier molecular flexibility index (Phi) is 4.16. The van der Waals surface area contributed by atoms with Crippen LogP contribution in [0.2, 0.25) is 0 Å². The van der Waals surface area contributed by atoms with Crippen molar-refractivity contribution >= 4 is 29.2 Å². The number of allylic oxidation sites excluding steroid dienone is 4. The number of hydrogen-bond acceptors (Lipinski definition) is 2. The second-order valence-corrected chi connectivity index (χ2v) is 4.68. The molecule has 0 amide bonds. The summed E-state index contributed by atoms with van der Waals surface area (Å²) in [6.45, 7) is 2.33. The molecular formula is C8H10BrO2P. The second-order valence-electron chi connectivity index (χ2n) is 2.32. The van der Waals surface area contributed by atoms with Crippen LogP contribution < -0.4 is 4.89 Å². The molecule has 0 aromatic rings. The first-order valence-electron chi connectivity index (χ1n) is 3.72. The standard InChI is InChI=1S/C8H10BrO2P/c1-2-11-12(10)8-5-3-4-7(9)6-8/h3-5H,2,6H2,1H3. The average molecular weight is 249 g/mol. The van der Waals surface area contributed by atoms with E-state index in [4.69, 9.17) is 4.52 Å². The van der Waals surface area contributed by atoms with Crippen LogP contribution in [0.4, 0.5) is 0 Å². The molecule has 1 unspecified atom stereocenters. The van der Waals surface area contributed by atoms with Gasteiger partial charge in [0.05, 0.1) is 6.61 Å². The summed E-state index contributed by atoms with van der Waals surface area (Å²) in [5.74, 6) is 0. The Morgan fingerprint density at radius 2 is 2.50 bits per heavy atom. The quantitative estimate of drug-likeness (QED) is 0.702. The first-order chi connectivity index (χ1) is 5.74. The fourth-order valence-electron chi connectivity index (χ4n) is 0.880. The smallest absolute Gasteiger partial charge is 0.224 e. The molecule has 1 aliphatic rings. The van der Waals surface area contributed by atoms with Crippen LogP contribution in [0, 0.1) is 0 Å². The van der Waals surface area contributed by atoms with Gasteiger partial charge in [-0.15, -0.1) is 0 Å². The van der Waals surface area contributed by atoms with Crippen molar-refractivity contribution in [1.82, 2.24) is 0 Å². The molecule has 0 spiro atoms. The van der Waals surface area contributed by atoms with Crippen LogP contribution in [-0.4, -0.2) is 11.9 Å². The van der Waals surface area contributed by atoms with E-state index in [0.717, 1.165) is 9.78 Å². The zero-order chi connectivity index (χ0) is 8.97. The molecule has 1 atom stereocenters. The van der Waals surface area contributed by atoms with Gasteiger partial charge in [0.25, 0.3) is 0 Å². The van der Waals surface area contributed by atoms with Crippen molar-refractivity contribution in [3.63, 3.8) is 0 Å². The van der Waals surface area contributed by atoms with Crippen molar-refractivity contribution in [3.8, 4) is 0 Å². The molecule has 0 saturated heterocycles. The van der Waals surface area contributed by atoms with E-state index in [1.165, 1.54) is 0 Å². The summed E-state index contributed by atoms with van der Waals surface area (Å²) in [7, 11) is -1.62. The maximum atomic E-state index is 11.3. The molecular weight excluding hydrogens is 239 g/mol. The highest BCUT2D eigenvalue weighted by Crippen LogP contribution is 2.25. The predicted molar refractivity (Wildman–Crippen MR) is 54.3 cm³/mol. The second kappa shape index (κ2) is 4.93. The van der Waals surface area contributed by atoms with Crippen LogP contribution in [0.15, 0.2) is 22.7 Å². The Hall–Kier alpha value is 0.0500. The topological polar surface area (TPSA) is 32.3 Å². The fourth-order valence-corrected chi connectivity index (χ4v) is 2.46. The Bertz CT molecular complexity index is 256. The molecule has 0 aromatic carbocycles. The molecule has 4 heteroatoms. The number of rotatable bonds is 2. The van der Waals surface area contributed by atoms with E-state index in [1.807, 2.05) is 25.2 Å². The van der Waals surface area contributed by atoms with Crippen LogP contribution in [0.5, 0.6) is 0 Å². The molecule has 0 heterocycles. The molecule has 0 aliphatic heterocycles. The third kappa shape index (κ3) is 2.83. The molecule has 0 saturated carbocycles. The monoisotopic (exact) mass is 248 g/mol. The zero-order valence-corrected chi connectivity index (χ0v) is 9.27. The fraction of sp³-hybridized carbons (Fsp3) is 0.375. The highest BCUT2D eigenvalue weighted by molar-refractivity contribution is 9.11. The van der Waals surface area contributed by atoms with Gasteiger partial charge < -0.3 is 4.89 Å². The summed E-state index contributed by atoms with van der Waals surface area (Å²) in [5.41, 5.74) is 0. The molecule has 0 bridgehead atoms. The van der Waals surface area contributed by atoms with Crippen LogP contribution in [-0.2, 0) is 4.52 Å². The third-order valence-corrected chi connectivity index (χ3v) is 3.21. The van der Waals surface area contributed by atoms with Gasteiger partial charge in [-0.05, 0) is 13.0 Å². The van der Waals surface area contributed by atoms with Crippen molar-refractivity contribution in [2.75, 3.05) is 6.61 Å². The lowest BCUT2D eigenvalue weighted by Gasteiger charge is -2.04. The Labute approximate surface area is 81.6 Å². The highest BCUT2D eigenvalue weighted by Gasteiger charge is 2.11. The molecule has 12 heavy (non-hydrogen) atoms. The molecule has 66 valence electrons. The van der Waals surface area contributed by atoms with Gasteiger partial charge in [-0.2, -0.15) is 4.52 Å². The van der Waals surface area contributed by atoms with Gasteiger partial charge in [0, 0.05) is 10.9 Å². The minimum absolute atomic E-state index is 0.494. The normalized spacial score (nSPS) is 20.8.